The molecule has 1 aliphatic rings. The molecule has 0 aliphatic carbocycles. The van der Waals surface area contributed by atoms with Crippen molar-refractivity contribution in [3.8, 4) is 11.3 Å². The number of piperidine rings is 1. The van der Waals surface area contributed by atoms with Crippen molar-refractivity contribution in [3.05, 3.63) is 52.8 Å². The number of hydrogen-bond donors (Lipinski definition) is 2. The fourth-order valence-corrected chi connectivity index (χ4v) is 5.05. The van der Waals surface area contributed by atoms with Gasteiger partial charge in [0.25, 0.3) is 0 Å². The van der Waals surface area contributed by atoms with Crippen LogP contribution in [0.5, 0.6) is 0 Å². The van der Waals surface area contributed by atoms with Crippen LogP contribution < -0.4 is 5.73 Å². The lowest BCUT2D eigenvalue weighted by molar-refractivity contribution is -0.118. The molecule has 1 fully saturated rings. The van der Waals surface area contributed by atoms with E-state index in [1.807, 2.05) is 0 Å². The van der Waals surface area contributed by atoms with E-state index >= 15 is 0 Å². The number of rotatable bonds is 6. The van der Waals surface area contributed by atoms with Crippen molar-refractivity contribution in [1.29, 1.82) is 0 Å². The molecule has 0 spiro atoms. The Bertz CT molecular complexity index is 1070. The van der Waals surface area contributed by atoms with Gasteiger partial charge in [0.1, 0.15) is 0 Å². The highest BCUT2D eigenvalue weighted by Crippen LogP contribution is 2.38. The van der Waals surface area contributed by atoms with Gasteiger partial charge in [0.2, 0.25) is 5.91 Å². The number of nitrogens with two attached hydrogens (primary N) is 1. The third kappa shape index (κ3) is 4.67. The number of carbonyl (C=O) groups excluding carboxylic acids is 1. The Morgan fingerprint density at radius 2 is 1.84 bits per heavy atom. The van der Waals surface area contributed by atoms with Gasteiger partial charge in [-0.2, -0.15) is 0 Å². The predicted octanol–water partition coefficient (Wildman–Crippen LogP) is 5.02. The van der Waals surface area contributed by atoms with Gasteiger partial charge in [0.05, 0.1) is 5.69 Å². The number of carbonyl (C=O) groups is 1. The van der Waals surface area contributed by atoms with Crippen molar-refractivity contribution in [2.24, 2.45) is 5.73 Å². The molecule has 0 saturated carbocycles. The minimum atomic E-state index is -0.211. The lowest BCUT2D eigenvalue weighted by Crippen LogP contribution is -2.35. The van der Waals surface area contributed by atoms with E-state index in [-0.39, 0.29) is 5.91 Å². The van der Waals surface area contributed by atoms with E-state index in [0.29, 0.717) is 18.3 Å². The number of aromatic amines is 1. The van der Waals surface area contributed by atoms with E-state index in [1.54, 1.807) is 0 Å². The molecule has 5 heteroatoms. The summed E-state index contributed by atoms with van der Waals surface area (Å²) in [5.74, 6) is 0.776. The highest BCUT2D eigenvalue weighted by molar-refractivity contribution is 5.92. The summed E-state index contributed by atoms with van der Waals surface area (Å²) in [6.07, 6.45) is 2.71. The molecule has 164 valence electrons. The first-order valence-corrected chi connectivity index (χ1v) is 11.4. The smallest absolute Gasteiger partial charge is 0.218 e. The van der Waals surface area contributed by atoms with Gasteiger partial charge in [-0.3, -0.25) is 9.78 Å². The first-order valence-electron chi connectivity index (χ1n) is 11.4. The fraction of sp³-hybridized carbons (Fsp3) is 0.462. The van der Waals surface area contributed by atoms with E-state index in [9.17, 15) is 4.79 Å². The molecule has 1 aliphatic heterocycles. The molecule has 3 heterocycles. The molecule has 3 N–H and O–H groups in total. The van der Waals surface area contributed by atoms with Gasteiger partial charge in [-0.05, 0) is 87.0 Å². The first-order chi connectivity index (χ1) is 14.8. The summed E-state index contributed by atoms with van der Waals surface area (Å²) in [5, 5.41) is 1.34. The average Bonchev–Trinajstić information content (AvgIpc) is 3.11. The molecule has 1 aromatic carbocycles. The van der Waals surface area contributed by atoms with Crippen molar-refractivity contribution >= 4 is 16.8 Å². The molecule has 31 heavy (non-hydrogen) atoms. The molecule has 5 nitrogen and oxygen atoms in total. The zero-order valence-corrected chi connectivity index (χ0v) is 19.2. The number of aryl methyl sites for hydroxylation is 2. The van der Waals surface area contributed by atoms with E-state index in [2.05, 4.69) is 72.9 Å². The molecular formula is C26H34N4O. The summed E-state index contributed by atoms with van der Waals surface area (Å²) in [4.78, 5) is 21.7. The van der Waals surface area contributed by atoms with E-state index in [4.69, 9.17) is 5.73 Å². The number of amides is 1. The number of nitrogens with one attached hydrogen (secondary N) is 1. The maximum Gasteiger partial charge on any atom is 0.218 e. The van der Waals surface area contributed by atoms with Gasteiger partial charge in [-0.25, -0.2) is 0 Å². The van der Waals surface area contributed by atoms with Crippen LogP contribution in [0.15, 0.2) is 30.3 Å². The number of fused-ring (bicyclic) bond motifs is 1. The zero-order chi connectivity index (χ0) is 22.1. The highest BCUT2D eigenvalue weighted by Gasteiger charge is 2.23. The van der Waals surface area contributed by atoms with Gasteiger partial charge in [-0.15, -0.1) is 0 Å². The monoisotopic (exact) mass is 418 g/mol. The first kappa shape index (κ1) is 21.6. The Morgan fingerprint density at radius 1 is 1.16 bits per heavy atom. The molecule has 3 aromatic rings. The van der Waals surface area contributed by atoms with Crippen LogP contribution >= 0.6 is 0 Å². The number of pyridine rings is 1. The second-order valence-electron chi connectivity index (χ2n) is 9.34. The van der Waals surface area contributed by atoms with Crippen LogP contribution in [0.4, 0.5) is 0 Å². The molecule has 4 rings (SSSR count). The van der Waals surface area contributed by atoms with Gasteiger partial charge in [-0.1, -0.05) is 19.9 Å². The molecule has 0 radical (unpaired) electrons. The number of aromatic nitrogens is 2. The summed E-state index contributed by atoms with van der Waals surface area (Å²) in [6.45, 7) is 11.5. The number of nitrogens with zero attached hydrogens (tertiary/aromatic N) is 2. The van der Waals surface area contributed by atoms with Crippen LogP contribution in [0, 0.1) is 13.8 Å². The SMILES string of the molecule is Cc1cc(-c2[nH]c3ccc(C4CCN(CCC(N)=O)CC4)cc3c2C(C)C)cc(C)n1. The van der Waals surface area contributed by atoms with Crippen molar-refractivity contribution in [1.82, 2.24) is 14.9 Å². The summed E-state index contributed by atoms with van der Waals surface area (Å²) in [7, 11) is 0. The summed E-state index contributed by atoms with van der Waals surface area (Å²) in [6, 6.07) is 11.3. The molecule has 1 saturated heterocycles. The lowest BCUT2D eigenvalue weighted by Gasteiger charge is -2.32. The molecule has 0 bridgehead atoms. The third-order valence-corrected chi connectivity index (χ3v) is 6.54. The Labute approximate surface area is 185 Å². The maximum atomic E-state index is 11.1. The molecular weight excluding hydrogens is 384 g/mol. The standard InChI is InChI=1S/C26H34N4O/c1-16(2)25-22-15-20(19-7-10-30(11-8-19)12-9-24(27)31)5-6-23(22)29-26(25)21-13-17(3)28-18(4)14-21/h5-6,13-16,19,29H,7-12H2,1-4H3,(H2,27,31). The van der Waals surface area contributed by atoms with Crippen molar-refractivity contribution in [3.63, 3.8) is 0 Å². The topological polar surface area (TPSA) is 75.0 Å². The Hall–Kier alpha value is -2.66. The number of likely N-dealkylation sites (tertiary alicyclic amines) is 1. The number of benzene rings is 1. The summed E-state index contributed by atoms with van der Waals surface area (Å²) < 4.78 is 0. The van der Waals surface area contributed by atoms with Crippen LogP contribution in [-0.2, 0) is 4.79 Å². The minimum absolute atomic E-state index is 0.211. The second-order valence-corrected chi connectivity index (χ2v) is 9.34. The molecule has 2 aromatic heterocycles. The van der Waals surface area contributed by atoms with Crippen LogP contribution in [-0.4, -0.2) is 40.4 Å². The van der Waals surface area contributed by atoms with E-state index in [1.165, 1.54) is 33.3 Å². The van der Waals surface area contributed by atoms with Crippen LogP contribution in [0.1, 0.15) is 67.5 Å². The zero-order valence-electron chi connectivity index (χ0n) is 19.2. The molecule has 0 atom stereocenters. The Kier molecular flexibility index (Phi) is 6.15. The summed E-state index contributed by atoms with van der Waals surface area (Å²) in [5.41, 5.74) is 13.9. The van der Waals surface area contributed by atoms with Gasteiger partial charge >= 0.3 is 0 Å². The summed E-state index contributed by atoms with van der Waals surface area (Å²) >= 11 is 0. The minimum Gasteiger partial charge on any atom is -0.370 e. The normalized spacial score (nSPS) is 15.8. The predicted molar refractivity (Wildman–Crippen MR) is 127 cm³/mol. The quantitative estimate of drug-likeness (QED) is 0.590. The van der Waals surface area contributed by atoms with Gasteiger partial charge in [0.15, 0.2) is 0 Å². The van der Waals surface area contributed by atoms with Crippen molar-refractivity contribution < 1.29 is 4.79 Å². The van der Waals surface area contributed by atoms with Crippen molar-refractivity contribution in [2.75, 3.05) is 19.6 Å². The largest absolute Gasteiger partial charge is 0.370 e. The third-order valence-electron chi connectivity index (χ3n) is 6.54. The van der Waals surface area contributed by atoms with E-state index < -0.39 is 0 Å². The Balaban J connectivity index is 1.63. The molecule has 1 amide bonds. The van der Waals surface area contributed by atoms with Crippen LogP contribution in [0.3, 0.4) is 0 Å². The lowest BCUT2D eigenvalue weighted by atomic mass is 9.87. The highest BCUT2D eigenvalue weighted by atomic mass is 16.1. The van der Waals surface area contributed by atoms with Gasteiger partial charge < -0.3 is 15.6 Å². The van der Waals surface area contributed by atoms with Gasteiger partial charge in [0, 0.05) is 40.8 Å². The number of primary amides is 1. The average molecular weight is 419 g/mol. The van der Waals surface area contributed by atoms with Crippen LogP contribution in [0.25, 0.3) is 22.2 Å². The number of H-pyrrole nitrogens is 1. The molecule has 0 unspecified atom stereocenters. The van der Waals surface area contributed by atoms with Crippen LogP contribution in [0.2, 0.25) is 0 Å². The Morgan fingerprint density at radius 3 is 2.45 bits per heavy atom. The maximum absolute atomic E-state index is 11.1. The fourth-order valence-electron chi connectivity index (χ4n) is 5.05. The number of hydrogen-bond acceptors (Lipinski definition) is 3. The van der Waals surface area contributed by atoms with Crippen molar-refractivity contribution in [2.45, 2.75) is 58.8 Å². The van der Waals surface area contributed by atoms with E-state index in [0.717, 1.165) is 43.9 Å². The second kappa shape index (κ2) is 8.83.